The van der Waals surface area contributed by atoms with Crippen molar-refractivity contribution in [3.63, 3.8) is 0 Å². The summed E-state index contributed by atoms with van der Waals surface area (Å²) in [5.74, 6) is 1.84. The molecule has 0 unspecified atom stereocenters. The number of amides is 2. The number of carbonyl (C=O) groups is 2. The minimum Gasteiger partial charge on any atom is -0.483 e. The molecule has 25 heavy (non-hydrogen) atoms. The number of rotatable bonds is 5. The first-order valence-electron chi connectivity index (χ1n) is 8.96. The first-order chi connectivity index (χ1) is 11.9. The number of carbonyl (C=O) groups excluding carboxylic acids is 2. The van der Waals surface area contributed by atoms with Gasteiger partial charge in [-0.15, -0.1) is 0 Å². The monoisotopic (exact) mass is 362 g/mol. The fraction of sp³-hybridized carbons (Fsp3) is 0.579. The van der Waals surface area contributed by atoms with Gasteiger partial charge < -0.3 is 15.8 Å². The van der Waals surface area contributed by atoms with Gasteiger partial charge in [-0.2, -0.15) is 0 Å². The van der Waals surface area contributed by atoms with Crippen LogP contribution in [0.4, 0.5) is 0 Å². The van der Waals surface area contributed by atoms with Gasteiger partial charge in [-0.25, -0.2) is 0 Å². The summed E-state index contributed by atoms with van der Waals surface area (Å²) in [7, 11) is 0. The first-order valence-corrected chi connectivity index (χ1v) is 9.33. The number of nitrogens with two attached hydrogens (primary N) is 1. The van der Waals surface area contributed by atoms with Gasteiger partial charge in [0.25, 0.3) is 11.8 Å². The Morgan fingerprint density at radius 3 is 2.32 bits per heavy atom. The van der Waals surface area contributed by atoms with Crippen LogP contribution in [0.1, 0.15) is 48.9 Å². The fourth-order valence-corrected chi connectivity index (χ4v) is 5.73. The van der Waals surface area contributed by atoms with Gasteiger partial charge in [0.15, 0.2) is 6.61 Å². The average Bonchev–Trinajstić information content (AvgIpc) is 2.51. The van der Waals surface area contributed by atoms with Gasteiger partial charge in [0.2, 0.25) is 0 Å². The van der Waals surface area contributed by atoms with E-state index in [1.807, 2.05) is 0 Å². The van der Waals surface area contributed by atoms with Crippen LogP contribution in [0.2, 0.25) is 5.02 Å². The number of hydrogen-bond acceptors (Lipinski definition) is 3. The van der Waals surface area contributed by atoms with Crippen molar-refractivity contribution < 1.29 is 14.3 Å². The second-order valence-corrected chi connectivity index (χ2v) is 8.48. The number of halogens is 1. The van der Waals surface area contributed by atoms with Gasteiger partial charge in [0.05, 0.1) is 5.56 Å². The van der Waals surface area contributed by atoms with E-state index in [0.717, 1.165) is 37.0 Å². The lowest BCUT2D eigenvalue weighted by Crippen LogP contribution is -2.60. The lowest BCUT2D eigenvalue weighted by Gasteiger charge is -2.56. The predicted molar refractivity (Wildman–Crippen MR) is 94.5 cm³/mol. The lowest BCUT2D eigenvalue weighted by molar-refractivity contribution is -0.128. The Hall–Kier alpha value is -1.75. The van der Waals surface area contributed by atoms with Crippen molar-refractivity contribution in [2.45, 2.75) is 44.1 Å². The Bertz CT molecular complexity index is 683. The third-order valence-electron chi connectivity index (χ3n) is 6.01. The van der Waals surface area contributed by atoms with Crippen molar-refractivity contribution in [1.29, 1.82) is 0 Å². The second kappa shape index (κ2) is 6.20. The van der Waals surface area contributed by atoms with Crippen LogP contribution >= 0.6 is 11.6 Å². The maximum Gasteiger partial charge on any atom is 0.258 e. The molecule has 0 atom stereocenters. The van der Waals surface area contributed by atoms with Gasteiger partial charge in [-0.05, 0) is 74.5 Å². The SMILES string of the molecule is NC(=O)c1cc(Cl)ccc1OCC(=O)NC12CC3CC(CC(C3)C1)C2. The van der Waals surface area contributed by atoms with Gasteiger partial charge in [-0.3, -0.25) is 9.59 Å². The maximum atomic E-state index is 12.5. The summed E-state index contributed by atoms with van der Waals surface area (Å²) in [6.07, 6.45) is 7.28. The van der Waals surface area contributed by atoms with Crippen molar-refractivity contribution in [3.8, 4) is 5.75 Å². The molecule has 1 aromatic carbocycles. The van der Waals surface area contributed by atoms with E-state index in [9.17, 15) is 9.59 Å². The van der Waals surface area contributed by atoms with Crippen LogP contribution in [-0.2, 0) is 4.79 Å². The van der Waals surface area contributed by atoms with E-state index in [1.165, 1.54) is 25.3 Å². The van der Waals surface area contributed by atoms with Gasteiger partial charge >= 0.3 is 0 Å². The van der Waals surface area contributed by atoms with E-state index in [1.54, 1.807) is 12.1 Å². The topological polar surface area (TPSA) is 81.4 Å². The first kappa shape index (κ1) is 16.7. The van der Waals surface area contributed by atoms with Crippen LogP contribution in [0.15, 0.2) is 18.2 Å². The average molecular weight is 363 g/mol. The molecule has 0 saturated heterocycles. The highest BCUT2D eigenvalue weighted by atomic mass is 35.5. The molecule has 4 fully saturated rings. The van der Waals surface area contributed by atoms with Gasteiger partial charge in [0.1, 0.15) is 5.75 Å². The molecule has 0 radical (unpaired) electrons. The highest BCUT2D eigenvalue weighted by molar-refractivity contribution is 6.31. The molecule has 1 aromatic rings. The van der Waals surface area contributed by atoms with Crippen LogP contribution < -0.4 is 15.8 Å². The highest BCUT2D eigenvalue weighted by Gasteiger charge is 2.51. The van der Waals surface area contributed by atoms with Crippen molar-refractivity contribution in [3.05, 3.63) is 28.8 Å². The number of benzene rings is 1. The van der Waals surface area contributed by atoms with Crippen LogP contribution in [0.25, 0.3) is 0 Å². The maximum absolute atomic E-state index is 12.5. The Morgan fingerprint density at radius 2 is 1.76 bits per heavy atom. The standard InChI is InChI=1S/C19H23ClN2O3/c20-14-1-2-16(15(6-14)18(21)24)25-10-17(23)22-19-7-11-3-12(8-19)5-13(4-11)9-19/h1-2,6,11-13H,3-5,7-10H2,(H2,21,24)(H,22,23). The molecule has 134 valence electrons. The molecular formula is C19H23ClN2O3. The molecule has 2 amide bonds. The zero-order valence-corrected chi connectivity index (χ0v) is 14.8. The van der Waals surface area contributed by atoms with E-state index in [4.69, 9.17) is 22.1 Å². The Kier molecular flexibility index (Phi) is 4.14. The third kappa shape index (κ3) is 3.34. The molecule has 5 rings (SSSR count). The molecular weight excluding hydrogens is 340 g/mol. The normalized spacial score (nSPS) is 32.4. The summed E-state index contributed by atoms with van der Waals surface area (Å²) in [5, 5.41) is 3.65. The summed E-state index contributed by atoms with van der Waals surface area (Å²) < 4.78 is 5.56. The highest BCUT2D eigenvalue weighted by Crippen LogP contribution is 2.55. The Labute approximate surface area is 152 Å². The van der Waals surface area contributed by atoms with Gasteiger partial charge in [-0.1, -0.05) is 11.6 Å². The Morgan fingerprint density at radius 1 is 1.16 bits per heavy atom. The van der Waals surface area contributed by atoms with E-state index in [-0.39, 0.29) is 29.4 Å². The smallest absolute Gasteiger partial charge is 0.258 e. The van der Waals surface area contributed by atoms with Crippen LogP contribution in [0.5, 0.6) is 5.75 Å². The summed E-state index contributed by atoms with van der Waals surface area (Å²) in [5.41, 5.74) is 5.50. The fourth-order valence-electron chi connectivity index (χ4n) is 5.56. The van der Waals surface area contributed by atoms with Crippen LogP contribution in [-0.4, -0.2) is 24.0 Å². The van der Waals surface area contributed by atoms with E-state index in [0.29, 0.717) is 5.02 Å². The molecule has 4 bridgehead atoms. The summed E-state index contributed by atoms with van der Waals surface area (Å²) >= 11 is 5.88. The second-order valence-electron chi connectivity index (χ2n) is 8.04. The number of primary amides is 1. The zero-order valence-electron chi connectivity index (χ0n) is 14.1. The molecule has 4 aliphatic rings. The van der Waals surface area contributed by atoms with E-state index < -0.39 is 5.91 Å². The minimum absolute atomic E-state index is 0.0400. The summed E-state index contributed by atoms with van der Waals surface area (Å²) in [6.45, 7) is -0.121. The molecule has 6 heteroatoms. The quantitative estimate of drug-likeness (QED) is 0.845. The molecule has 4 saturated carbocycles. The third-order valence-corrected chi connectivity index (χ3v) is 6.24. The summed E-state index contributed by atoms with van der Waals surface area (Å²) in [4.78, 5) is 24.0. The largest absolute Gasteiger partial charge is 0.483 e. The molecule has 5 nitrogen and oxygen atoms in total. The molecule has 0 heterocycles. The predicted octanol–water partition coefficient (Wildman–Crippen LogP) is 2.90. The van der Waals surface area contributed by atoms with Crippen LogP contribution in [0, 0.1) is 17.8 Å². The van der Waals surface area contributed by atoms with Crippen molar-refractivity contribution in [2.75, 3.05) is 6.61 Å². The zero-order chi connectivity index (χ0) is 17.6. The Balaban J connectivity index is 1.40. The van der Waals surface area contributed by atoms with E-state index >= 15 is 0 Å². The van der Waals surface area contributed by atoms with Crippen molar-refractivity contribution in [2.24, 2.45) is 23.5 Å². The number of nitrogens with one attached hydrogen (secondary N) is 1. The lowest BCUT2D eigenvalue weighted by atomic mass is 9.53. The molecule has 0 spiro atoms. The molecule has 3 N–H and O–H groups in total. The van der Waals surface area contributed by atoms with E-state index in [2.05, 4.69) is 5.32 Å². The molecule has 0 aliphatic heterocycles. The van der Waals surface area contributed by atoms with Gasteiger partial charge in [0, 0.05) is 10.6 Å². The summed E-state index contributed by atoms with van der Waals surface area (Å²) in [6, 6.07) is 4.64. The van der Waals surface area contributed by atoms with Crippen molar-refractivity contribution >= 4 is 23.4 Å². The van der Waals surface area contributed by atoms with Crippen LogP contribution in [0.3, 0.4) is 0 Å². The number of hydrogen-bond donors (Lipinski definition) is 2. The van der Waals surface area contributed by atoms with Crippen molar-refractivity contribution in [1.82, 2.24) is 5.32 Å². The minimum atomic E-state index is -0.626. The molecule has 4 aliphatic carbocycles. The number of ether oxygens (including phenoxy) is 1. The molecule has 0 aromatic heterocycles.